The molecular weight excluding hydrogens is 326 g/mol. The highest BCUT2D eigenvalue weighted by Crippen LogP contribution is 2.23. The molecule has 1 aromatic heterocycles. The lowest BCUT2D eigenvalue weighted by atomic mass is 9.99. The lowest BCUT2D eigenvalue weighted by molar-refractivity contribution is 0.0602. The third kappa shape index (κ3) is 3.88. The van der Waals surface area contributed by atoms with Gasteiger partial charge in [-0.15, -0.1) is 0 Å². The van der Waals surface area contributed by atoms with Crippen LogP contribution in [-0.4, -0.2) is 54.3 Å². The van der Waals surface area contributed by atoms with Gasteiger partial charge in [0.05, 0.1) is 11.5 Å². The third-order valence-electron chi connectivity index (χ3n) is 4.94. The first kappa shape index (κ1) is 17.2. The van der Waals surface area contributed by atoms with Gasteiger partial charge in [0.2, 0.25) is 0 Å². The molecule has 7 heteroatoms. The van der Waals surface area contributed by atoms with Crippen LogP contribution in [0.25, 0.3) is 0 Å². The van der Waals surface area contributed by atoms with Crippen molar-refractivity contribution in [2.24, 2.45) is 0 Å². The van der Waals surface area contributed by atoms with E-state index >= 15 is 0 Å². The first-order valence-corrected chi connectivity index (χ1v) is 10.5. The fourth-order valence-electron chi connectivity index (χ4n) is 3.62. The number of anilines is 1. The van der Waals surface area contributed by atoms with Crippen molar-refractivity contribution in [1.82, 2.24) is 9.88 Å². The predicted octanol–water partition coefficient (Wildman–Crippen LogP) is 2.09. The molecule has 0 radical (unpaired) electrons. The van der Waals surface area contributed by atoms with Gasteiger partial charge < -0.3 is 10.2 Å². The molecule has 132 valence electrons. The van der Waals surface area contributed by atoms with Gasteiger partial charge in [0.25, 0.3) is 5.91 Å². The molecule has 0 saturated carbocycles. The smallest absolute Gasteiger partial charge is 0.272 e. The number of rotatable bonds is 4. The molecule has 2 saturated heterocycles. The SMILES string of the molecule is CCC1CCCCN1C(=O)c1cc(NC2CCS(=O)(=O)C2)ccn1. The van der Waals surface area contributed by atoms with Gasteiger partial charge in [0, 0.05) is 30.5 Å². The topological polar surface area (TPSA) is 79.4 Å². The third-order valence-corrected chi connectivity index (χ3v) is 6.71. The van der Waals surface area contributed by atoms with E-state index in [2.05, 4.69) is 17.2 Å². The van der Waals surface area contributed by atoms with Crippen LogP contribution in [0, 0.1) is 0 Å². The second-order valence-electron chi connectivity index (χ2n) is 6.73. The summed E-state index contributed by atoms with van der Waals surface area (Å²) < 4.78 is 23.1. The number of aromatic nitrogens is 1. The number of piperidine rings is 1. The Kier molecular flexibility index (Phi) is 5.08. The van der Waals surface area contributed by atoms with Crippen molar-refractivity contribution in [2.75, 3.05) is 23.4 Å². The number of nitrogens with zero attached hydrogens (tertiary/aromatic N) is 2. The number of likely N-dealkylation sites (tertiary alicyclic amines) is 1. The van der Waals surface area contributed by atoms with Crippen LogP contribution in [0.15, 0.2) is 18.3 Å². The minimum Gasteiger partial charge on any atom is -0.381 e. The fourth-order valence-corrected chi connectivity index (χ4v) is 5.29. The zero-order valence-electron chi connectivity index (χ0n) is 14.1. The number of pyridine rings is 1. The van der Waals surface area contributed by atoms with Gasteiger partial charge in [-0.05, 0) is 44.2 Å². The monoisotopic (exact) mass is 351 g/mol. The number of amides is 1. The molecule has 1 aromatic rings. The molecule has 0 aromatic carbocycles. The van der Waals surface area contributed by atoms with Crippen molar-refractivity contribution in [3.8, 4) is 0 Å². The molecule has 2 aliphatic heterocycles. The van der Waals surface area contributed by atoms with Crippen molar-refractivity contribution in [3.05, 3.63) is 24.0 Å². The Morgan fingerprint density at radius 1 is 1.38 bits per heavy atom. The number of sulfone groups is 1. The van der Waals surface area contributed by atoms with E-state index in [4.69, 9.17) is 0 Å². The van der Waals surface area contributed by atoms with Gasteiger partial charge in [-0.1, -0.05) is 6.92 Å². The van der Waals surface area contributed by atoms with Crippen molar-refractivity contribution in [3.63, 3.8) is 0 Å². The molecular formula is C17H25N3O3S. The summed E-state index contributed by atoms with van der Waals surface area (Å²) in [5.74, 6) is 0.361. The molecule has 0 bridgehead atoms. The fraction of sp³-hybridized carbons (Fsp3) is 0.647. The second kappa shape index (κ2) is 7.09. The van der Waals surface area contributed by atoms with Crippen LogP contribution in [0.4, 0.5) is 5.69 Å². The second-order valence-corrected chi connectivity index (χ2v) is 8.96. The first-order valence-electron chi connectivity index (χ1n) is 8.72. The Balaban J connectivity index is 1.71. The van der Waals surface area contributed by atoms with E-state index in [9.17, 15) is 13.2 Å². The van der Waals surface area contributed by atoms with Crippen molar-refractivity contribution in [2.45, 2.75) is 51.1 Å². The predicted molar refractivity (Wildman–Crippen MR) is 93.9 cm³/mol. The van der Waals surface area contributed by atoms with Gasteiger partial charge in [-0.25, -0.2) is 8.42 Å². The van der Waals surface area contributed by atoms with Gasteiger partial charge in [-0.3, -0.25) is 9.78 Å². The number of nitrogens with one attached hydrogen (secondary N) is 1. The van der Waals surface area contributed by atoms with E-state index in [-0.39, 0.29) is 23.5 Å². The minimum absolute atomic E-state index is 0.0238. The molecule has 0 aliphatic carbocycles. The molecule has 2 fully saturated rings. The van der Waals surface area contributed by atoms with Crippen LogP contribution >= 0.6 is 0 Å². The zero-order valence-corrected chi connectivity index (χ0v) is 14.9. The molecule has 2 aliphatic rings. The Labute approximate surface area is 143 Å². The highest BCUT2D eigenvalue weighted by Gasteiger charge is 2.29. The summed E-state index contributed by atoms with van der Waals surface area (Å²) in [6.07, 6.45) is 6.46. The lowest BCUT2D eigenvalue weighted by Crippen LogP contribution is -2.43. The van der Waals surface area contributed by atoms with Crippen LogP contribution in [0.1, 0.15) is 49.5 Å². The normalized spacial score (nSPS) is 26.3. The van der Waals surface area contributed by atoms with Crippen LogP contribution < -0.4 is 5.32 Å². The minimum atomic E-state index is -2.92. The standard InChI is InChI=1S/C17H25N3O3S/c1-2-15-5-3-4-9-20(15)17(21)16-11-13(6-8-18-16)19-14-7-10-24(22,23)12-14/h6,8,11,14-15H,2-5,7,9-10,12H2,1H3,(H,18,19). The number of carbonyl (C=O) groups excluding carboxylic acids is 1. The molecule has 2 atom stereocenters. The molecule has 0 spiro atoms. The summed E-state index contributed by atoms with van der Waals surface area (Å²) in [5.41, 5.74) is 1.20. The van der Waals surface area contributed by atoms with Crippen LogP contribution in [-0.2, 0) is 9.84 Å². The quantitative estimate of drug-likeness (QED) is 0.898. The summed E-state index contributed by atoms with van der Waals surface area (Å²) in [6.45, 7) is 2.90. The summed E-state index contributed by atoms with van der Waals surface area (Å²) >= 11 is 0. The first-order chi connectivity index (χ1) is 11.5. The van der Waals surface area contributed by atoms with Gasteiger partial charge in [-0.2, -0.15) is 0 Å². The maximum atomic E-state index is 12.8. The Bertz CT molecular complexity index is 705. The van der Waals surface area contributed by atoms with E-state index in [0.717, 1.165) is 31.5 Å². The highest BCUT2D eigenvalue weighted by molar-refractivity contribution is 7.91. The molecule has 3 rings (SSSR count). The van der Waals surface area contributed by atoms with Crippen LogP contribution in [0.3, 0.4) is 0 Å². The summed E-state index contributed by atoms with van der Waals surface area (Å²) in [7, 11) is -2.92. The zero-order chi connectivity index (χ0) is 17.2. The van der Waals surface area contributed by atoms with E-state index in [1.807, 2.05) is 4.90 Å². The van der Waals surface area contributed by atoms with Crippen molar-refractivity contribution >= 4 is 21.4 Å². The summed E-state index contributed by atoms with van der Waals surface area (Å²) in [4.78, 5) is 19.0. The molecule has 3 heterocycles. The van der Waals surface area contributed by atoms with Crippen LogP contribution in [0.5, 0.6) is 0 Å². The van der Waals surface area contributed by atoms with Crippen molar-refractivity contribution in [1.29, 1.82) is 0 Å². The van der Waals surface area contributed by atoms with Gasteiger partial charge in [0.1, 0.15) is 5.69 Å². The Hall–Kier alpha value is -1.63. The molecule has 6 nitrogen and oxygen atoms in total. The van der Waals surface area contributed by atoms with E-state index in [0.29, 0.717) is 18.2 Å². The van der Waals surface area contributed by atoms with Crippen molar-refractivity contribution < 1.29 is 13.2 Å². The molecule has 1 N–H and O–H groups in total. The molecule has 24 heavy (non-hydrogen) atoms. The maximum Gasteiger partial charge on any atom is 0.272 e. The number of hydrogen-bond donors (Lipinski definition) is 1. The summed E-state index contributed by atoms with van der Waals surface area (Å²) in [5, 5.41) is 3.23. The average molecular weight is 351 g/mol. The van der Waals surface area contributed by atoms with E-state index in [1.165, 1.54) is 6.42 Å². The molecule has 1 amide bonds. The lowest BCUT2D eigenvalue weighted by Gasteiger charge is -2.35. The number of hydrogen-bond acceptors (Lipinski definition) is 5. The molecule has 2 unspecified atom stereocenters. The number of carbonyl (C=O) groups is 1. The Morgan fingerprint density at radius 2 is 2.21 bits per heavy atom. The Morgan fingerprint density at radius 3 is 2.92 bits per heavy atom. The van der Waals surface area contributed by atoms with Crippen LogP contribution in [0.2, 0.25) is 0 Å². The van der Waals surface area contributed by atoms with E-state index in [1.54, 1.807) is 18.3 Å². The maximum absolute atomic E-state index is 12.8. The highest BCUT2D eigenvalue weighted by atomic mass is 32.2. The average Bonchev–Trinajstić information content (AvgIpc) is 2.93. The van der Waals surface area contributed by atoms with Gasteiger partial charge in [0.15, 0.2) is 9.84 Å². The van der Waals surface area contributed by atoms with E-state index < -0.39 is 9.84 Å². The largest absolute Gasteiger partial charge is 0.381 e. The van der Waals surface area contributed by atoms with Gasteiger partial charge >= 0.3 is 0 Å². The summed E-state index contributed by atoms with van der Waals surface area (Å²) in [6, 6.07) is 3.74.